The third-order valence-corrected chi connectivity index (χ3v) is 6.88. The van der Waals surface area contributed by atoms with E-state index in [0.29, 0.717) is 5.56 Å². The smallest absolute Gasteiger partial charge is 0.226 e. The van der Waals surface area contributed by atoms with Crippen LogP contribution >= 0.6 is 0 Å². The average molecular weight is 387 g/mol. The van der Waals surface area contributed by atoms with Crippen LogP contribution in [0.5, 0.6) is 0 Å². The summed E-state index contributed by atoms with van der Waals surface area (Å²) >= 11 is 0. The van der Waals surface area contributed by atoms with E-state index in [0.717, 1.165) is 48.2 Å². The molecular weight excluding hydrogens is 362 g/mol. The molecule has 3 atom stereocenters. The number of hydrogen-bond acceptors (Lipinski definition) is 4. The first-order valence-corrected chi connectivity index (χ1v) is 10.4. The highest BCUT2D eigenvalue weighted by molar-refractivity contribution is 5.83. The molecule has 5 heteroatoms. The van der Waals surface area contributed by atoms with Gasteiger partial charge in [-0.15, -0.1) is 0 Å². The Morgan fingerprint density at radius 1 is 1.17 bits per heavy atom. The molecule has 5 rings (SSSR count). The fraction of sp³-hybridized carbons (Fsp3) is 0.417. The second kappa shape index (κ2) is 6.89. The van der Waals surface area contributed by atoms with Crippen molar-refractivity contribution >= 4 is 11.6 Å². The third-order valence-electron chi connectivity index (χ3n) is 6.88. The topological polar surface area (TPSA) is 67.6 Å². The molecule has 0 bridgehead atoms. The van der Waals surface area contributed by atoms with Crippen molar-refractivity contribution < 1.29 is 9.90 Å². The van der Waals surface area contributed by atoms with Gasteiger partial charge in [0, 0.05) is 31.1 Å². The average Bonchev–Trinajstić information content (AvgIpc) is 3.52. The molecule has 2 aliphatic heterocycles. The lowest BCUT2D eigenvalue weighted by molar-refractivity contribution is -0.134. The predicted molar refractivity (Wildman–Crippen MR) is 111 cm³/mol. The number of hydrogen-bond donors (Lipinski definition) is 1. The molecule has 1 N–H and O–H groups in total. The predicted octanol–water partition coefficient (Wildman–Crippen LogP) is 3.34. The van der Waals surface area contributed by atoms with E-state index in [-0.39, 0.29) is 36.4 Å². The number of nitriles is 1. The van der Waals surface area contributed by atoms with Crippen LogP contribution in [0, 0.1) is 23.2 Å². The third kappa shape index (κ3) is 2.90. The number of likely N-dealkylation sites (tertiary alicyclic amines) is 1. The molecule has 0 spiro atoms. The molecule has 2 heterocycles. The Morgan fingerprint density at radius 2 is 1.97 bits per heavy atom. The van der Waals surface area contributed by atoms with E-state index >= 15 is 0 Å². The minimum absolute atomic E-state index is 0.0190. The number of carbonyl (C=O) groups excluding carboxylic acids is 1. The summed E-state index contributed by atoms with van der Waals surface area (Å²) in [5, 5.41) is 19.3. The largest absolute Gasteiger partial charge is 0.394 e. The minimum atomic E-state index is 0.0190. The van der Waals surface area contributed by atoms with Crippen molar-refractivity contribution in [3.05, 3.63) is 53.6 Å². The lowest BCUT2D eigenvalue weighted by Crippen LogP contribution is -2.48. The Kier molecular flexibility index (Phi) is 4.33. The maximum Gasteiger partial charge on any atom is 0.226 e. The van der Waals surface area contributed by atoms with E-state index in [9.17, 15) is 15.2 Å². The van der Waals surface area contributed by atoms with Gasteiger partial charge >= 0.3 is 0 Å². The molecule has 2 aromatic carbocycles. The van der Waals surface area contributed by atoms with Gasteiger partial charge in [0.2, 0.25) is 5.91 Å². The van der Waals surface area contributed by atoms with Gasteiger partial charge in [0.05, 0.1) is 30.3 Å². The van der Waals surface area contributed by atoms with Crippen LogP contribution in [0.25, 0.3) is 11.1 Å². The van der Waals surface area contributed by atoms with Gasteiger partial charge in [-0.05, 0) is 60.2 Å². The highest BCUT2D eigenvalue weighted by Gasteiger charge is 2.49. The first-order chi connectivity index (χ1) is 14.1. The summed E-state index contributed by atoms with van der Waals surface area (Å²) in [6, 6.07) is 16.3. The van der Waals surface area contributed by atoms with Crippen LogP contribution in [0.4, 0.5) is 5.69 Å². The lowest BCUT2D eigenvalue weighted by atomic mass is 9.81. The number of rotatable bonds is 3. The van der Waals surface area contributed by atoms with Crippen molar-refractivity contribution in [2.75, 3.05) is 25.1 Å². The van der Waals surface area contributed by atoms with Crippen LogP contribution in [0.15, 0.2) is 42.5 Å². The summed E-state index contributed by atoms with van der Waals surface area (Å²) in [6.45, 7) is 0.858. The normalized spacial score (nSPS) is 25.3. The molecule has 0 aromatic heterocycles. The Bertz CT molecular complexity index is 1010. The van der Waals surface area contributed by atoms with Gasteiger partial charge in [-0.25, -0.2) is 0 Å². The van der Waals surface area contributed by atoms with Crippen LogP contribution in [0.2, 0.25) is 0 Å². The van der Waals surface area contributed by atoms with Gasteiger partial charge in [-0.1, -0.05) is 18.2 Å². The Hall–Kier alpha value is -2.84. The Morgan fingerprint density at radius 3 is 2.69 bits per heavy atom. The second-order valence-corrected chi connectivity index (χ2v) is 8.53. The van der Waals surface area contributed by atoms with Crippen LogP contribution in [0.1, 0.15) is 36.4 Å². The molecule has 2 aromatic rings. The number of amides is 1. The molecule has 1 amide bonds. The molecule has 0 radical (unpaired) electrons. The Labute approximate surface area is 171 Å². The molecule has 0 unspecified atom stereocenters. The molecule has 1 aliphatic carbocycles. The van der Waals surface area contributed by atoms with Gasteiger partial charge in [0.1, 0.15) is 0 Å². The van der Waals surface area contributed by atoms with Crippen LogP contribution in [-0.2, 0) is 4.79 Å². The summed E-state index contributed by atoms with van der Waals surface area (Å²) in [4.78, 5) is 17.3. The number of aliphatic hydroxyl groups is 1. The van der Waals surface area contributed by atoms with Crippen molar-refractivity contribution in [3.63, 3.8) is 0 Å². The van der Waals surface area contributed by atoms with E-state index in [1.54, 1.807) is 0 Å². The highest BCUT2D eigenvalue weighted by atomic mass is 16.3. The molecule has 29 heavy (non-hydrogen) atoms. The lowest BCUT2D eigenvalue weighted by Gasteiger charge is -2.44. The number of anilines is 1. The quantitative estimate of drug-likeness (QED) is 0.877. The van der Waals surface area contributed by atoms with Crippen molar-refractivity contribution in [3.8, 4) is 17.2 Å². The zero-order valence-electron chi connectivity index (χ0n) is 16.6. The first-order valence-electron chi connectivity index (χ1n) is 10.4. The van der Waals surface area contributed by atoms with Crippen LogP contribution in [-0.4, -0.2) is 42.2 Å². The molecule has 1 saturated carbocycles. The summed E-state index contributed by atoms with van der Waals surface area (Å²) < 4.78 is 0. The minimum Gasteiger partial charge on any atom is -0.394 e. The second-order valence-electron chi connectivity index (χ2n) is 8.53. The maximum absolute atomic E-state index is 13.0. The maximum atomic E-state index is 13.0. The fourth-order valence-electron chi connectivity index (χ4n) is 5.21. The zero-order chi connectivity index (χ0) is 20.1. The molecule has 3 aliphatic rings. The van der Waals surface area contributed by atoms with Crippen LogP contribution < -0.4 is 4.90 Å². The first kappa shape index (κ1) is 18.2. The SMILES string of the molecule is CN1c2ccc(-c3cccc(C#N)c3)cc2[C@H]2[C@H](CCN2C(=O)C2CC2)[C@H]1CO. The van der Waals surface area contributed by atoms with Gasteiger partial charge < -0.3 is 14.9 Å². The number of nitrogens with zero attached hydrogens (tertiary/aromatic N) is 3. The molecule has 1 saturated heterocycles. The van der Waals surface area contributed by atoms with Crippen molar-refractivity contribution in [1.82, 2.24) is 4.90 Å². The Balaban J connectivity index is 1.61. The summed E-state index contributed by atoms with van der Waals surface area (Å²) in [7, 11) is 2.04. The number of carbonyl (C=O) groups is 1. The monoisotopic (exact) mass is 387 g/mol. The number of fused-ring (bicyclic) bond motifs is 3. The van der Waals surface area contributed by atoms with E-state index < -0.39 is 0 Å². The van der Waals surface area contributed by atoms with Gasteiger partial charge in [-0.3, -0.25) is 4.79 Å². The molecular formula is C24H25N3O2. The van der Waals surface area contributed by atoms with Gasteiger partial charge in [0.25, 0.3) is 0 Å². The van der Waals surface area contributed by atoms with Crippen LogP contribution in [0.3, 0.4) is 0 Å². The molecule has 2 fully saturated rings. The summed E-state index contributed by atoms with van der Waals surface area (Å²) in [5.41, 5.74) is 4.95. The van der Waals surface area contributed by atoms with E-state index in [1.807, 2.05) is 31.3 Å². The zero-order valence-corrected chi connectivity index (χ0v) is 16.6. The summed E-state index contributed by atoms with van der Waals surface area (Å²) in [6.07, 6.45) is 2.93. The van der Waals surface area contributed by atoms with E-state index in [1.165, 1.54) is 0 Å². The molecule has 148 valence electrons. The van der Waals surface area contributed by atoms with Crippen molar-refractivity contribution in [1.29, 1.82) is 5.26 Å². The van der Waals surface area contributed by atoms with Gasteiger partial charge in [-0.2, -0.15) is 5.26 Å². The molecule has 5 nitrogen and oxygen atoms in total. The van der Waals surface area contributed by atoms with E-state index in [2.05, 4.69) is 34.1 Å². The number of aliphatic hydroxyl groups excluding tert-OH is 1. The number of likely N-dealkylation sites (N-methyl/N-ethyl adjacent to an activating group) is 1. The fourth-order valence-corrected chi connectivity index (χ4v) is 5.21. The van der Waals surface area contributed by atoms with Crippen molar-refractivity contribution in [2.24, 2.45) is 11.8 Å². The highest BCUT2D eigenvalue weighted by Crippen LogP contribution is 2.50. The van der Waals surface area contributed by atoms with Gasteiger partial charge in [0.15, 0.2) is 0 Å². The number of benzene rings is 2. The van der Waals surface area contributed by atoms with E-state index in [4.69, 9.17) is 0 Å². The summed E-state index contributed by atoms with van der Waals surface area (Å²) in [5.74, 6) is 0.711. The van der Waals surface area contributed by atoms with Crippen molar-refractivity contribution in [2.45, 2.75) is 31.3 Å². The standard InChI is InChI=1S/C24H25N3O2/c1-26-21-8-7-18(17-4-2-3-15(11-17)13-25)12-20(21)23-19(22(26)14-28)9-10-27(23)24(29)16-5-6-16/h2-4,7-8,11-12,16,19,22-23,28H,5-6,9-10,14H2,1H3/t19-,22-,23-/m1/s1.